The minimum Gasteiger partial charge on any atom is -0.483 e. The summed E-state index contributed by atoms with van der Waals surface area (Å²) in [5.41, 5.74) is 4.40. The van der Waals surface area contributed by atoms with Gasteiger partial charge in [0.05, 0.1) is 24.0 Å². The highest BCUT2D eigenvalue weighted by molar-refractivity contribution is 7.92. The van der Waals surface area contributed by atoms with Crippen LogP contribution in [0.1, 0.15) is 5.56 Å². The standard InChI is InChI=1S/C28H28FN7O2S.CH2O2/c1-19-4-11-27(24(29)14-19)39(37,38)34-23-8-6-22(7-9-23)33-28-16-25(30-18-31-28)20-5-10-26-21(15-20)17-32-36(26)13-12-35(2)3;2-1-3/h4-11,14-18,34H,12-13H2,1-3H3,(H,30,31,33);1H,(H,2,3). The Morgan fingerprint density at radius 2 is 1.71 bits per heavy atom. The molecule has 0 spiro atoms. The fourth-order valence-corrected chi connectivity index (χ4v) is 5.23. The van der Waals surface area contributed by atoms with Crippen LogP contribution in [0.5, 0.6) is 0 Å². The van der Waals surface area contributed by atoms with Crippen molar-refractivity contribution in [2.24, 2.45) is 0 Å². The van der Waals surface area contributed by atoms with E-state index in [1.165, 1.54) is 18.5 Å². The molecule has 2 heterocycles. The van der Waals surface area contributed by atoms with Gasteiger partial charge in [-0.15, -0.1) is 0 Å². The average Bonchev–Trinajstić information content (AvgIpc) is 3.35. The summed E-state index contributed by atoms with van der Waals surface area (Å²) in [5.74, 6) is -0.213. The van der Waals surface area contributed by atoms with Crippen LogP contribution in [0.3, 0.4) is 0 Å². The van der Waals surface area contributed by atoms with Crippen LogP contribution in [-0.4, -0.2) is 65.3 Å². The SMILES string of the molecule is Cc1ccc(S(=O)(=O)Nc2ccc(Nc3cc(-c4ccc5c(cnn5CCN(C)C)c4)ncn3)cc2)c(F)c1.O=CO. The molecule has 3 N–H and O–H groups in total. The number of hydrogen-bond donors (Lipinski definition) is 3. The Morgan fingerprint density at radius 3 is 2.40 bits per heavy atom. The lowest BCUT2D eigenvalue weighted by Crippen LogP contribution is -2.18. The molecule has 0 aliphatic heterocycles. The van der Waals surface area contributed by atoms with Gasteiger partial charge in [-0.2, -0.15) is 5.10 Å². The quantitative estimate of drug-likeness (QED) is 0.207. The van der Waals surface area contributed by atoms with Gasteiger partial charge >= 0.3 is 0 Å². The number of fused-ring (bicyclic) bond motifs is 1. The normalized spacial score (nSPS) is 11.2. The maximum Gasteiger partial charge on any atom is 0.290 e. The van der Waals surface area contributed by atoms with Crippen LogP contribution in [0.2, 0.25) is 0 Å². The molecule has 0 fully saturated rings. The number of benzene rings is 3. The number of nitrogens with one attached hydrogen (secondary N) is 2. The van der Waals surface area contributed by atoms with Crippen LogP contribution >= 0.6 is 0 Å². The van der Waals surface area contributed by atoms with Gasteiger partial charge in [-0.3, -0.25) is 14.2 Å². The van der Waals surface area contributed by atoms with Crippen molar-refractivity contribution in [1.29, 1.82) is 0 Å². The van der Waals surface area contributed by atoms with Gasteiger partial charge in [-0.05, 0) is 75.1 Å². The third-order valence-electron chi connectivity index (χ3n) is 6.15. The van der Waals surface area contributed by atoms with Crippen molar-refractivity contribution >= 4 is 44.6 Å². The van der Waals surface area contributed by atoms with E-state index in [2.05, 4.69) is 36.1 Å². The Kier molecular flexibility index (Phi) is 9.45. The number of aromatic nitrogens is 4. The number of aryl methyl sites for hydroxylation is 1. The molecule has 0 saturated heterocycles. The topological polar surface area (TPSA) is 142 Å². The number of anilines is 3. The molecule has 0 aliphatic carbocycles. The molecule has 218 valence electrons. The van der Waals surface area contributed by atoms with Gasteiger partial charge in [0.15, 0.2) is 0 Å². The van der Waals surface area contributed by atoms with E-state index in [0.29, 0.717) is 22.8 Å². The number of hydrogen-bond acceptors (Lipinski definition) is 8. The molecular formula is C29H30FN7O4S. The summed E-state index contributed by atoms with van der Waals surface area (Å²) in [7, 11) is 0.00935. The van der Waals surface area contributed by atoms with Crippen molar-refractivity contribution in [3.63, 3.8) is 0 Å². The first kappa shape index (κ1) is 30.1. The molecule has 3 aromatic carbocycles. The van der Waals surface area contributed by atoms with Crippen molar-refractivity contribution in [2.75, 3.05) is 30.7 Å². The third-order valence-corrected chi connectivity index (χ3v) is 7.56. The van der Waals surface area contributed by atoms with Crippen LogP contribution < -0.4 is 10.0 Å². The maximum atomic E-state index is 14.2. The Bertz CT molecular complexity index is 1790. The van der Waals surface area contributed by atoms with Crippen molar-refractivity contribution in [2.45, 2.75) is 18.4 Å². The molecule has 0 aliphatic rings. The Morgan fingerprint density at radius 1 is 1.00 bits per heavy atom. The molecule has 13 heteroatoms. The van der Waals surface area contributed by atoms with Crippen LogP contribution in [0, 0.1) is 12.7 Å². The van der Waals surface area contributed by atoms with E-state index in [-0.39, 0.29) is 6.47 Å². The molecular weight excluding hydrogens is 561 g/mol. The number of sulfonamides is 1. The second kappa shape index (κ2) is 13.2. The number of carboxylic acid groups (broad SMARTS) is 1. The third kappa shape index (κ3) is 7.44. The van der Waals surface area contributed by atoms with Gasteiger partial charge in [-0.1, -0.05) is 12.1 Å². The summed E-state index contributed by atoms with van der Waals surface area (Å²) in [5, 5.41) is 15.6. The van der Waals surface area contributed by atoms with Gasteiger partial charge in [0, 0.05) is 34.9 Å². The van der Waals surface area contributed by atoms with Crippen LogP contribution in [0.15, 0.2) is 84.1 Å². The second-order valence-corrected chi connectivity index (χ2v) is 11.2. The van der Waals surface area contributed by atoms with E-state index < -0.39 is 20.7 Å². The molecule has 0 saturated carbocycles. The lowest BCUT2D eigenvalue weighted by atomic mass is 10.1. The largest absolute Gasteiger partial charge is 0.483 e. The van der Waals surface area contributed by atoms with Crippen molar-refractivity contribution in [1.82, 2.24) is 24.6 Å². The summed E-state index contributed by atoms with van der Waals surface area (Å²) in [6.07, 6.45) is 3.35. The molecule has 0 bridgehead atoms. The monoisotopic (exact) mass is 591 g/mol. The number of carbonyl (C=O) groups is 1. The Hall–Kier alpha value is -4.88. The van der Waals surface area contributed by atoms with Crippen molar-refractivity contribution in [3.05, 3.63) is 90.6 Å². The summed E-state index contributed by atoms with van der Waals surface area (Å²) in [6.45, 7) is 3.15. The zero-order valence-corrected chi connectivity index (χ0v) is 24.0. The van der Waals surface area contributed by atoms with Crippen LogP contribution in [0.4, 0.5) is 21.6 Å². The van der Waals surface area contributed by atoms with Gasteiger partial charge < -0.3 is 15.3 Å². The number of halogens is 1. The molecule has 11 nitrogen and oxygen atoms in total. The molecule has 42 heavy (non-hydrogen) atoms. The summed E-state index contributed by atoms with van der Waals surface area (Å²) >= 11 is 0. The molecule has 5 aromatic rings. The molecule has 0 radical (unpaired) electrons. The zero-order chi connectivity index (χ0) is 30.3. The first-order valence-electron chi connectivity index (χ1n) is 12.8. The number of rotatable bonds is 9. The fourth-order valence-electron chi connectivity index (χ4n) is 4.11. The molecule has 0 atom stereocenters. The van der Waals surface area contributed by atoms with Gasteiger partial charge in [0.1, 0.15) is 22.9 Å². The molecule has 0 unspecified atom stereocenters. The lowest BCUT2D eigenvalue weighted by Gasteiger charge is -2.11. The average molecular weight is 592 g/mol. The van der Waals surface area contributed by atoms with E-state index >= 15 is 0 Å². The van der Waals surface area contributed by atoms with Crippen LogP contribution in [-0.2, 0) is 21.4 Å². The van der Waals surface area contributed by atoms with Crippen molar-refractivity contribution < 1.29 is 22.7 Å². The Balaban J connectivity index is 0.00000129. The highest BCUT2D eigenvalue weighted by atomic mass is 32.2. The molecule has 5 rings (SSSR count). The number of likely N-dealkylation sites (N-methyl/N-ethyl adjacent to an activating group) is 1. The molecule has 2 aromatic heterocycles. The number of nitrogens with zero attached hydrogens (tertiary/aromatic N) is 5. The first-order valence-corrected chi connectivity index (χ1v) is 14.2. The highest BCUT2D eigenvalue weighted by Crippen LogP contribution is 2.26. The fraction of sp³-hybridized carbons (Fsp3) is 0.172. The minimum absolute atomic E-state index is 0.250. The van der Waals surface area contributed by atoms with E-state index in [1.807, 2.05) is 43.2 Å². The van der Waals surface area contributed by atoms with Crippen LogP contribution in [0.25, 0.3) is 22.2 Å². The van der Waals surface area contributed by atoms with E-state index in [4.69, 9.17) is 9.90 Å². The zero-order valence-electron chi connectivity index (χ0n) is 23.2. The van der Waals surface area contributed by atoms with Gasteiger partial charge in [-0.25, -0.2) is 22.8 Å². The second-order valence-electron chi connectivity index (χ2n) is 9.58. The van der Waals surface area contributed by atoms with Gasteiger partial charge in [0.25, 0.3) is 16.5 Å². The van der Waals surface area contributed by atoms with E-state index in [0.717, 1.165) is 35.2 Å². The predicted molar refractivity (Wildman–Crippen MR) is 160 cm³/mol. The summed E-state index contributed by atoms with van der Waals surface area (Å²) in [4.78, 5) is 18.8. The minimum atomic E-state index is -4.06. The summed E-state index contributed by atoms with van der Waals surface area (Å²) < 4.78 is 43.9. The first-order chi connectivity index (χ1) is 20.1. The van der Waals surface area contributed by atoms with E-state index in [9.17, 15) is 12.8 Å². The maximum absolute atomic E-state index is 14.2. The van der Waals surface area contributed by atoms with Crippen molar-refractivity contribution in [3.8, 4) is 11.3 Å². The Labute approximate surface area is 242 Å². The smallest absolute Gasteiger partial charge is 0.290 e. The van der Waals surface area contributed by atoms with Gasteiger partial charge in [0.2, 0.25) is 0 Å². The summed E-state index contributed by atoms with van der Waals surface area (Å²) in [6, 6.07) is 18.6. The van der Waals surface area contributed by atoms with E-state index in [1.54, 1.807) is 37.3 Å². The highest BCUT2D eigenvalue weighted by Gasteiger charge is 2.19. The lowest BCUT2D eigenvalue weighted by molar-refractivity contribution is -0.122. The molecule has 0 amide bonds. The predicted octanol–water partition coefficient (Wildman–Crippen LogP) is 4.75.